The Bertz CT molecular complexity index is 1140. The van der Waals surface area contributed by atoms with E-state index in [9.17, 15) is 9.59 Å². The molecule has 0 unspecified atom stereocenters. The maximum Gasteiger partial charge on any atom is 0.253 e. The molecule has 0 aliphatic carbocycles. The quantitative estimate of drug-likeness (QED) is 0.471. The number of aromatic amines is 1. The van der Waals surface area contributed by atoms with E-state index in [1.165, 1.54) is 6.92 Å². The molecule has 0 saturated carbocycles. The molecular formula is C21H20N6O2. The first-order valence-electron chi connectivity index (χ1n) is 9.18. The van der Waals surface area contributed by atoms with E-state index < -0.39 is 0 Å². The number of imidazole rings is 2. The molecule has 3 N–H and O–H groups in total. The van der Waals surface area contributed by atoms with Gasteiger partial charge in [0.2, 0.25) is 5.91 Å². The van der Waals surface area contributed by atoms with Gasteiger partial charge in [0.15, 0.2) is 0 Å². The van der Waals surface area contributed by atoms with Gasteiger partial charge in [-0.25, -0.2) is 9.97 Å². The van der Waals surface area contributed by atoms with Crippen LogP contribution in [0.5, 0.6) is 0 Å². The van der Waals surface area contributed by atoms with Crippen LogP contribution in [-0.2, 0) is 17.9 Å². The SMILES string of the molecule is CC(=O)NCc1cn(-c2ccccc2C(=O)NCc2nc3ccccc3[nH]2)cn1. The number of aromatic nitrogens is 4. The highest BCUT2D eigenvalue weighted by molar-refractivity contribution is 5.97. The third-order valence-electron chi connectivity index (χ3n) is 4.44. The summed E-state index contributed by atoms with van der Waals surface area (Å²) in [6.07, 6.45) is 3.42. The van der Waals surface area contributed by atoms with Gasteiger partial charge in [0.05, 0.1) is 47.4 Å². The van der Waals surface area contributed by atoms with Crippen LogP contribution in [0, 0.1) is 0 Å². The molecule has 8 nitrogen and oxygen atoms in total. The molecule has 4 rings (SSSR count). The number of nitrogens with one attached hydrogen (secondary N) is 3. The van der Waals surface area contributed by atoms with Crippen LogP contribution in [0.25, 0.3) is 16.7 Å². The number of H-pyrrole nitrogens is 1. The smallest absolute Gasteiger partial charge is 0.253 e. The normalized spacial score (nSPS) is 10.8. The van der Waals surface area contributed by atoms with Crippen LogP contribution in [0.1, 0.15) is 28.8 Å². The van der Waals surface area contributed by atoms with Crippen molar-refractivity contribution in [3.8, 4) is 5.69 Å². The van der Waals surface area contributed by atoms with Gasteiger partial charge >= 0.3 is 0 Å². The van der Waals surface area contributed by atoms with Crippen molar-refractivity contribution in [1.29, 1.82) is 0 Å². The second-order valence-corrected chi connectivity index (χ2v) is 6.58. The second kappa shape index (κ2) is 7.97. The third kappa shape index (κ3) is 4.16. The second-order valence-electron chi connectivity index (χ2n) is 6.58. The molecule has 0 fully saturated rings. The van der Waals surface area contributed by atoms with Crippen LogP contribution in [0.3, 0.4) is 0 Å². The Morgan fingerprint density at radius 1 is 1.03 bits per heavy atom. The minimum Gasteiger partial charge on any atom is -0.351 e. The highest BCUT2D eigenvalue weighted by atomic mass is 16.2. The number of carbonyl (C=O) groups is 2. The van der Waals surface area contributed by atoms with E-state index in [4.69, 9.17) is 0 Å². The molecule has 0 aliphatic heterocycles. The lowest BCUT2D eigenvalue weighted by Gasteiger charge is -2.10. The minimum absolute atomic E-state index is 0.120. The topological polar surface area (TPSA) is 105 Å². The van der Waals surface area contributed by atoms with Crippen LogP contribution in [-0.4, -0.2) is 31.3 Å². The van der Waals surface area contributed by atoms with E-state index >= 15 is 0 Å². The van der Waals surface area contributed by atoms with E-state index in [2.05, 4.69) is 25.6 Å². The number of amides is 2. The summed E-state index contributed by atoms with van der Waals surface area (Å²) in [5, 5.41) is 5.62. The number of hydrogen-bond acceptors (Lipinski definition) is 4. The maximum atomic E-state index is 12.8. The van der Waals surface area contributed by atoms with Crippen molar-refractivity contribution in [3.05, 3.63) is 78.1 Å². The standard InChI is InChI=1S/C21H20N6O2/c1-14(28)22-10-15-12-27(13-24-15)19-9-5-2-6-16(19)21(29)23-11-20-25-17-7-3-4-8-18(17)26-20/h2-9,12-13H,10-11H2,1H3,(H,22,28)(H,23,29)(H,25,26). The van der Waals surface area contributed by atoms with Gasteiger partial charge in [0.1, 0.15) is 5.82 Å². The fourth-order valence-electron chi connectivity index (χ4n) is 3.04. The lowest BCUT2D eigenvalue weighted by molar-refractivity contribution is -0.119. The summed E-state index contributed by atoms with van der Waals surface area (Å²) in [6.45, 7) is 2.08. The van der Waals surface area contributed by atoms with Crippen LogP contribution >= 0.6 is 0 Å². The number of carbonyl (C=O) groups excluding carboxylic acids is 2. The van der Waals surface area contributed by atoms with Crippen LogP contribution in [0.4, 0.5) is 0 Å². The van der Waals surface area contributed by atoms with Crippen molar-refractivity contribution in [2.75, 3.05) is 0 Å². The molecule has 29 heavy (non-hydrogen) atoms. The molecule has 4 aromatic rings. The molecular weight excluding hydrogens is 368 g/mol. The summed E-state index contributed by atoms with van der Waals surface area (Å²) in [6, 6.07) is 15.0. The van der Waals surface area contributed by atoms with E-state index in [1.807, 2.05) is 42.5 Å². The van der Waals surface area contributed by atoms with E-state index in [0.29, 0.717) is 35.9 Å². The molecule has 0 saturated heterocycles. The molecule has 0 atom stereocenters. The Labute approximate surface area is 167 Å². The van der Waals surface area contributed by atoms with Gasteiger partial charge in [-0.3, -0.25) is 9.59 Å². The molecule has 0 aliphatic rings. The largest absolute Gasteiger partial charge is 0.351 e. The molecule has 0 radical (unpaired) electrons. The van der Waals surface area contributed by atoms with Crippen LogP contribution in [0.2, 0.25) is 0 Å². The highest BCUT2D eigenvalue weighted by Gasteiger charge is 2.13. The number of para-hydroxylation sites is 3. The van der Waals surface area contributed by atoms with Gasteiger partial charge < -0.3 is 20.2 Å². The lowest BCUT2D eigenvalue weighted by atomic mass is 10.1. The Kier molecular flexibility index (Phi) is 5.07. The molecule has 2 amide bonds. The molecule has 2 aromatic carbocycles. The molecule has 0 spiro atoms. The molecule has 0 bridgehead atoms. The zero-order valence-electron chi connectivity index (χ0n) is 15.8. The molecule has 8 heteroatoms. The Morgan fingerprint density at radius 3 is 2.66 bits per heavy atom. The number of fused-ring (bicyclic) bond motifs is 1. The summed E-state index contributed by atoms with van der Waals surface area (Å²) in [7, 11) is 0. The highest BCUT2D eigenvalue weighted by Crippen LogP contribution is 2.16. The van der Waals surface area contributed by atoms with Crippen LogP contribution < -0.4 is 10.6 Å². The van der Waals surface area contributed by atoms with E-state index in [1.54, 1.807) is 23.2 Å². The van der Waals surface area contributed by atoms with Gasteiger partial charge in [-0.05, 0) is 24.3 Å². The fourth-order valence-corrected chi connectivity index (χ4v) is 3.04. The van der Waals surface area contributed by atoms with Crippen molar-refractivity contribution in [2.24, 2.45) is 0 Å². The average Bonchev–Trinajstić information content (AvgIpc) is 3.37. The predicted molar refractivity (Wildman–Crippen MR) is 108 cm³/mol. The molecule has 2 heterocycles. The average molecular weight is 388 g/mol. The molecule has 2 aromatic heterocycles. The van der Waals surface area contributed by atoms with Gasteiger partial charge in [0.25, 0.3) is 5.91 Å². The monoisotopic (exact) mass is 388 g/mol. The zero-order chi connectivity index (χ0) is 20.2. The molecule has 146 valence electrons. The van der Waals surface area contributed by atoms with E-state index in [-0.39, 0.29) is 11.8 Å². The summed E-state index contributed by atoms with van der Waals surface area (Å²) in [5.41, 5.74) is 3.73. The van der Waals surface area contributed by atoms with Crippen molar-refractivity contribution < 1.29 is 9.59 Å². The summed E-state index contributed by atoms with van der Waals surface area (Å²) in [5.74, 6) is 0.361. The first kappa shape index (κ1) is 18.4. The van der Waals surface area contributed by atoms with Crippen molar-refractivity contribution in [2.45, 2.75) is 20.0 Å². The van der Waals surface area contributed by atoms with Gasteiger partial charge in [0, 0.05) is 13.1 Å². The lowest BCUT2D eigenvalue weighted by Crippen LogP contribution is -2.24. The Hall–Kier alpha value is -3.94. The zero-order valence-corrected chi connectivity index (χ0v) is 15.8. The van der Waals surface area contributed by atoms with Crippen molar-refractivity contribution in [3.63, 3.8) is 0 Å². The minimum atomic E-state index is -0.210. The van der Waals surface area contributed by atoms with E-state index in [0.717, 1.165) is 11.0 Å². The number of hydrogen-bond donors (Lipinski definition) is 3. The first-order chi connectivity index (χ1) is 14.1. The summed E-state index contributed by atoms with van der Waals surface area (Å²) >= 11 is 0. The van der Waals surface area contributed by atoms with Gasteiger partial charge in [-0.1, -0.05) is 24.3 Å². The fraction of sp³-hybridized carbons (Fsp3) is 0.143. The Morgan fingerprint density at radius 2 is 1.83 bits per heavy atom. The predicted octanol–water partition coefficient (Wildman–Crippen LogP) is 2.31. The number of rotatable bonds is 6. The van der Waals surface area contributed by atoms with Crippen LogP contribution in [0.15, 0.2) is 61.1 Å². The Balaban J connectivity index is 1.50. The third-order valence-corrected chi connectivity index (χ3v) is 4.44. The van der Waals surface area contributed by atoms with Crippen molar-refractivity contribution in [1.82, 2.24) is 30.2 Å². The van der Waals surface area contributed by atoms with Gasteiger partial charge in [-0.15, -0.1) is 0 Å². The number of benzene rings is 2. The van der Waals surface area contributed by atoms with Gasteiger partial charge in [-0.2, -0.15) is 0 Å². The maximum absolute atomic E-state index is 12.8. The number of nitrogens with zero attached hydrogens (tertiary/aromatic N) is 3. The van der Waals surface area contributed by atoms with Crippen molar-refractivity contribution >= 4 is 22.8 Å². The summed E-state index contributed by atoms with van der Waals surface area (Å²) in [4.78, 5) is 35.8. The first-order valence-corrected chi connectivity index (χ1v) is 9.18. The summed E-state index contributed by atoms with van der Waals surface area (Å²) < 4.78 is 1.77.